The predicted octanol–water partition coefficient (Wildman–Crippen LogP) is 1.22. The van der Waals surface area contributed by atoms with Gasteiger partial charge in [-0.25, -0.2) is 0 Å². The van der Waals surface area contributed by atoms with Crippen LogP contribution in [-0.4, -0.2) is 36.8 Å². The zero-order valence-electron chi connectivity index (χ0n) is 7.64. The van der Waals surface area contributed by atoms with Crippen molar-refractivity contribution in [3.63, 3.8) is 0 Å². The van der Waals surface area contributed by atoms with Gasteiger partial charge in [-0.2, -0.15) is 13.2 Å². The molecule has 0 spiro atoms. The topological polar surface area (TPSA) is 29.3 Å². The fourth-order valence-corrected chi connectivity index (χ4v) is 1.69. The fraction of sp³-hybridized carbons (Fsp3) is 1.00. The van der Waals surface area contributed by atoms with Gasteiger partial charge in [0.1, 0.15) is 0 Å². The summed E-state index contributed by atoms with van der Waals surface area (Å²) < 4.78 is 35.9. The van der Waals surface area contributed by atoms with Crippen LogP contribution in [0.3, 0.4) is 0 Å². The maximum Gasteiger partial charge on any atom is 0.401 e. The molecular weight excluding hydrogens is 181 g/mol. The summed E-state index contributed by atoms with van der Waals surface area (Å²) in [5.74, 6) is 0.224. The second-order valence-corrected chi connectivity index (χ2v) is 3.76. The maximum absolute atomic E-state index is 12.0. The molecule has 2 unspecified atom stereocenters. The van der Waals surface area contributed by atoms with Crippen LogP contribution in [0.15, 0.2) is 0 Å². The average molecular weight is 196 g/mol. The van der Waals surface area contributed by atoms with E-state index in [2.05, 4.69) is 0 Å². The molecule has 1 saturated heterocycles. The van der Waals surface area contributed by atoms with Crippen LogP contribution in [0.5, 0.6) is 0 Å². The van der Waals surface area contributed by atoms with E-state index in [1.807, 2.05) is 6.92 Å². The smallest absolute Gasteiger partial charge is 0.328 e. The van der Waals surface area contributed by atoms with Crippen molar-refractivity contribution in [2.45, 2.75) is 25.6 Å². The number of nitrogens with two attached hydrogens (primary N) is 1. The third-order valence-electron chi connectivity index (χ3n) is 2.46. The minimum Gasteiger partial charge on any atom is -0.328 e. The summed E-state index contributed by atoms with van der Waals surface area (Å²) in [7, 11) is 0. The molecule has 5 heteroatoms. The fourth-order valence-electron chi connectivity index (χ4n) is 1.69. The number of hydrogen-bond donors (Lipinski definition) is 1. The van der Waals surface area contributed by atoms with Crippen molar-refractivity contribution in [3.8, 4) is 0 Å². The first-order valence-electron chi connectivity index (χ1n) is 4.43. The Morgan fingerprint density at radius 3 is 2.54 bits per heavy atom. The van der Waals surface area contributed by atoms with Crippen molar-refractivity contribution >= 4 is 0 Å². The van der Waals surface area contributed by atoms with Crippen molar-refractivity contribution < 1.29 is 13.2 Å². The molecule has 13 heavy (non-hydrogen) atoms. The summed E-state index contributed by atoms with van der Waals surface area (Å²) in [6.07, 6.45) is -3.29. The Bertz CT molecular complexity index is 167. The van der Waals surface area contributed by atoms with E-state index < -0.39 is 12.7 Å². The number of nitrogens with zero attached hydrogens (tertiary/aromatic N) is 1. The van der Waals surface area contributed by atoms with Crippen LogP contribution < -0.4 is 5.73 Å². The first kappa shape index (κ1) is 10.8. The number of alkyl halides is 3. The molecule has 0 aromatic carbocycles. The van der Waals surface area contributed by atoms with Crippen molar-refractivity contribution in [3.05, 3.63) is 0 Å². The minimum absolute atomic E-state index is 0.00164. The highest BCUT2D eigenvalue weighted by Gasteiger charge is 2.34. The molecule has 1 aliphatic rings. The molecule has 0 aromatic rings. The molecule has 0 bridgehead atoms. The number of rotatable bonds is 2. The van der Waals surface area contributed by atoms with Crippen LogP contribution in [0.4, 0.5) is 13.2 Å². The molecule has 1 heterocycles. The van der Waals surface area contributed by atoms with Crippen molar-refractivity contribution in [2.75, 3.05) is 19.6 Å². The zero-order chi connectivity index (χ0) is 10.1. The summed E-state index contributed by atoms with van der Waals surface area (Å²) in [6.45, 7) is 2.06. The van der Waals surface area contributed by atoms with Crippen molar-refractivity contribution in [2.24, 2.45) is 11.7 Å². The highest BCUT2D eigenvalue weighted by Crippen LogP contribution is 2.23. The molecule has 2 atom stereocenters. The van der Waals surface area contributed by atoms with Gasteiger partial charge >= 0.3 is 6.18 Å². The Kier molecular flexibility index (Phi) is 3.18. The van der Waals surface area contributed by atoms with Crippen LogP contribution in [0, 0.1) is 5.92 Å². The van der Waals surface area contributed by atoms with E-state index in [4.69, 9.17) is 5.73 Å². The summed E-state index contributed by atoms with van der Waals surface area (Å²) in [5.41, 5.74) is 5.62. The van der Waals surface area contributed by atoms with E-state index in [-0.39, 0.29) is 12.0 Å². The molecule has 0 amide bonds. The van der Waals surface area contributed by atoms with Gasteiger partial charge in [-0.15, -0.1) is 0 Å². The van der Waals surface area contributed by atoms with Crippen LogP contribution in [0.1, 0.15) is 13.3 Å². The van der Waals surface area contributed by atoms with Gasteiger partial charge in [-0.3, -0.25) is 4.90 Å². The molecule has 1 aliphatic heterocycles. The van der Waals surface area contributed by atoms with Gasteiger partial charge in [-0.1, -0.05) is 0 Å². The number of halogens is 3. The van der Waals surface area contributed by atoms with Crippen molar-refractivity contribution in [1.29, 1.82) is 0 Å². The normalized spacial score (nSPS) is 27.9. The largest absolute Gasteiger partial charge is 0.401 e. The van der Waals surface area contributed by atoms with Crippen LogP contribution >= 0.6 is 0 Å². The van der Waals surface area contributed by atoms with E-state index in [0.29, 0.717) is 13.1 Å². The standard InChI is InChI=1S/C8H15F3N2/c1-6(12)7-2-3-13(4-7)5-8(9,10)11/h6-7H,2-5,12H2,1H3. The monoisotopic (exact) mass is 196 g/mol. The quantitative estimate of drug-likeness (QED) is 0.719. The van der Waals surface area contributed by atoms with Crippen LogP contribution in [-0.2, 0) is 0 Å². The summed E-state index contributed by atoms with van der Waals surface area (Å²) in [5, 5.41) is 0. The van der Waals surface area contributed by atoms with Gasteiger partial charge in [0.25, 0.3) is 0 Å². The van der Waals surface area contributed by atoms with Gasteiger partial charge in [0.2, 0.25) is 0 Å². The Balaban J connectivity index is 2.33. The molecular formula is C8H15F3N2. The second-order valence-electron chi connectivity index (χ2n) is 3.76. The zero-order valence-corrected chi connectivity index (χ0v) is 7.64. The predicted molar refractivity (Wildman–Crippen MR) is 44.3 cm³/mol. The second kappa shape index (κ2) is 3.84. The average Bonchev–Trinajstić information content (AvgIpc) is 2.31. The van der Waals surface area contributed by atoms with Gasteiger partial charge in [0.05, 0.1) is 6.54 Å². The highest BCUT2D eigenvalue weighted by atomic mass is 19.4. The lowest BCUT2D eigenvalue weighted by atomic mass is 10.0. The van der Waals surface area contributed by atoms with E-state index in [9.17, 15) is 13.2 Å². The van der Waals surface area contributed by atoms with Gasteiger partial charge in [0, 0.05) is 12.6 Å². The van der Waals surface area contributed by atoms with E-state index >= 15 is 0 Å². The Morgan fingerprint density at radius 2 is 2.15 bits per heavy atom. The van der Waals surface area contributed by atoms with E-state index in [0.717, 1.165) is 6.42 Å². The molecule has 2 N–H and O–H groups in total. The third-order valence-corrected chi connectivity index (χ3v) is 2.46. The van der Waals surface area contributed by atoms with Gasteiger partial charge < -0.3 is 5.73 Å². The molecule has 2 nitrogen and oxygen atoms in total. The molecule has 0 aromatic heterocycles. The summed E-state index contributed by atoms with van der Waals surface area (Å²) in [4.78, 5) is 1.42. The SMILES string of the molecule is CC(N)C1CCN(CC(F)(F)F)C1. The van der Waals surface area contributed by atoms with Crippen molar-refractivity contribution in [1.82, 2.24) is 4.90 Å². The molecule has 0 aliphatic carbocycles. The Labute approximate surface area is 75.9 Å². The lowest BCUT2D eigenvalue weighted by Gasteiger charge is -2.18. The van der Waals surface area contributed by atoms with Crippen LogP contribution in [0.25, 0.3) is 0 Å². The van der Waals surface area contributed by atoms with Crippen LogP contribution in [0.2, 0.25) is 0 Å². The highest BCUT2D eigenvalue weighted by molar-refractivity contribution is 4.81. The van der Waals surface area contributed by atoms with Gasteiger partial charge in [0.15, 0.2) is 0 Å². The first-order chi connectivity index (χ1) is 5.88. The molecule has 1 fully saturated rings. The Hall–Kier alpha value is -0.290. The molecule has 0 saturated carbocycles. The third kappa shape index (κ3) is 3.52. The van der Waals surface area contributed by atoms with E-state index in [1.54, 1.807) is 0 Å². The van der Waals surface area contributed by atoms with Gasteiger partial charge in [-0.05, 0) is 25.8 Å². The first-order valence-corrected chi connectivity index (χ1v) is 4.43. The minimum atomic E-state index is -4.08. The molecule has 78 valence electrons. The summed E-state index contributed by atoms with van der Waals surface area (Å²) >= 11 is 0. The lowest BCUT2D eigenvalue weighted by molar-refractivity contribution is -0.143. The molecule has 0 radical (unpaired) electrons. The maximum atomic E-state index is 12.0. The lowest BCUT2D eigenvalue weighted by Crippen LogP contribution is -2.34. The van der Waals surface area contributed by atoms with E-state index in [1.165, 1.54) is 4.90 Å². The Morgan fingerprint density at radius 1 is 1.54 bits per heavy atom. The number of hydrogen-bond acceptors (Lipinski definition) is 2. The molecule has 1 rings (SSSR count). The number of likely N-dealkylation sites (tertiary alicyclic amines) is 1. The summed E-state index contributed by atoms with van der Waals surface area (Å²) in [6, 6.07) is -0.00164.